The van der Waals surface area contributed by atoms with Gasteiger partial charge in [0.15, 0.2) is 0 Å². The number of likely N-dealkylation sites (tertiary alicyclic amines) is 1. The zero-order valence-electron chi connectivity index (χ0n) is 13.0. The molecule has 1 aliphatic rings. The molecule has 1 amide bonds. The second kappa shape index (κ2) is 6.13. The van der Waals surface area contributed by atoms with Crippen LogP contribution in [0.5, 0.6) is 0 Å². The lowest BCUT2D eigenvalue weighted by atomic mass is 10.1. The second-order valence-electron chi connectivity index (χ2n) is 5.64. The molecule has 1 aromatic carbocycles. The van der Waals surface area contributed by atoms with E-state index in [-0.39, 0.29) is 5.91 Å². The topological polar surface area (TPSA) is 58.1 Å². The lowest BCUT2D eigenvalue weighted by Gasteiger charge is -2.18. The van der Waals surface area contributed by atoms with Crippen molar-refractivity contribution in [3.8, 4) is 0 Å². The molecule has 0 spiro atoms. The Morgan fingerprint density at radius 3 is 2.41 bits per heavy atom. The van der Waals surface area contributed by atoms with Crippen molar-refractivity contribution >= 4 is 17.5 Å². The van der Waals surface area contributed by atoms with E-state index in [1.54, 1.807) is 0 Å². The average molecular weight is 296 g/mol. The maximum atomic E-state index is 12.6. The molecule has 0 atom stereocenters. The van der Waals surface area contributed by atoms with Crippen LogP contribution in [0.3, 0.4) is 0 Å². The normalized spacial score (nSPS) is 14.2. The number of para-hydroxylation sites is 1. The van der Waals surface area contributed by atoms with Gasteiger partial charge in [-0.05, 0) is 44.9 Å². The summed E-state index contributed by atoms with van der Waals surface area (Å²) in [6.45, 7) is 5.54. The number of aryl methyl sites for hydroxylation is 2. The first kappa shape index (κ1) is 14.5. The first-order valence-corrected chi connectivity index (χ1v) is 7.61. The maximum Gasteiger partial charge on any atom is 0.255 e. The Bertz CT molecular complexity index is 673. The molecule has 1 aromatic heterocycles. The first-order valence-electron chi connectivity index (χ1n) is 7.61. The van der Waals surface area contributed by atoms with E-state index < -0.39 is 0 Å². The fourth-order valence-electron chi connectivity index (χ4n) is 2.77. The Morgan fingerprint density at radius 1 is 1.09 bits per heavy atom. The van der Waals surface area contributed by atoms with Gasteiger partial charge in [-0.15, -0.1) is 0 Å². The van der Waals surface area contributed by atoms with Crippen LogP contribution >= 0.6 is 0 Å². The molecule has 22 heavy (non-hydrogen) atoms. The Kier molecular flexibility index (Phi) is 4.04. The van der Waals surface area contributed by atoms with E-state index in [1.807, 2.05) is 49.1 Å². The highest BCUT2D eigenvalue weighted by molar-refractivity contribution is 6.00. The van der Waals surface area contributed by atoms with E-state index in [2.05, 4.69) is 15.3 Å². The van der Waals surface area contributed by atoms with E-state index in [4.69, 9.17) is 0 Å². The first-order chi connectivity index (χ1) is 10.6. The molecule has 0 aliphatic carbocycles. The van der Waals surface area contributed by atoms with Crippen molar-refractivity contribution in [2.24, 2.45) is 0 Å². The van der Waals surface area contributed by atoms with Crippen molar-refractivity contribution in [1.82, 2.24) is 14.9 Å². The molecule has 1 N–H and O–H groups in total. The summed E-state index contributed by atoms with van der Waals surface area (Å²) in [6, 6.07) is 9.46. The number of hydrogen-bond acceptors (Lipinski definition) is 4. The van der Waals surface area contributed by atoms with Crippen LogP contribution in [0.15, 0.2) is 30.3 Å². The number of rotatable bonds is 3. The summed E-state index contributed by atoms with van der Waals surface area (Å²) in [5.74, 6) is 0.601. The zero-order chi connectivity index (χ0) is 15.5. The molecule has 0 unspecified atom stereocenters. The van der Waals surface area contributed by atoms with Gasteiger partial charge in [0.1, 0.15) is 0 Å². The van der Waals surface area contributed by atoms with Gasteiger partial charge in [-0.2, -0.15) is 0 Å². The highest BCUT2D eigenvalue weighted by atomic mass is 16.2. The average Bonchev–Trinajstić information content (AvgIpc) is 3.00. The van der Waals surface area contributed by atoms with Crippen LogP contribution in [0.2, 0.25) is 0 Å². The summed E-state index contributed by atoms with van der Waals surface area (Å²) in [7, 11) is 0. The van der Waals surface area contributed by atoms with E-state index in [0.717, 1.165) is 43.0 Å². The molecule has 0 radical (unpaired) electrons. The molecule has 2 heterocycles. The molecule has 1 aliphatic heterocycles. The van der Waals surface area contributed by atoms with Crippen LogP contribution in [0.1, 0.15) is 34.6 Å². The quantitative estimate of drug-likeness (QED) is 0.945. The van der Waals surface area contributed by atoms with E-state index >= 15 is 0 Å². The zero-order valence-corrected chi connectivity index (χ0v) is 13.0. The third-order valence-corrected chi connectivity index (χ3v) is 3.78. The predicted molar refractivity (Wildman–Crippen MR) is 86.4 cm³/mol. The Hall–Kier alpha value is -2.43. The van der Waals surface area contributed by atoms with Crippen LogP contribution in [-0.4, -0.2) is 33.9 Å². The largest absolute Gasteiger partial charge is 0.339 e. The smallest absolute Gasteiger partial charge is 0.255 e. The van der Waals surface area contributed by atoms with Gasteiger partial charge >= 0.3 is 0 Å². The van der Waals surface area contributed by atoms with Crippen LogP contribution in [-0.2, 0) is 0 Å². The van der Waals surface area contributed by atoms with Crippen molar-refractivity contribution in [2.75, 3.05) is 18.4 Å². The highest BCUT2D eigenvalue weighted by Crippen LogP contribution is 2.22. The van der Waals surface area contributed by atoms with Gasteiger partial charge < -0.3 is 10.2 Å². The van der Waals surface area contributed by atoms with Crippen molar-refractivity contribution in [3.63, 3.8) is 0 Å². The number of amides is 1. The number of benzene rings is 1. The number of carbonyl (C=O) groups excluding carboxylic acids is 1. The minimum atomic E-state index is 0.0741. The molecular formula is C17H20N4O. The van der Waals surface area contributed by atoms with Crippen LogP contribution in [0.25, 0.3) is 0 Å². The molecule has 0 saturated carbocycles. The van der Waals surface area contributed by atoms with Crippen molar-refractivity contribution in [3.05, 3.63) is 47.3 Å². The lowest BCUT2D eigenvalue weighted by molar-refractivity contribution is 0.0794. The summed E-state index contributed by atoms with van der Waals surface area (Å²) in [5.41, 5.74) is 3.23. The van der Waals surface area contributed by atoms with Crippen LogP contribution in [0, 0.1) is 13.8 Å². The Balaban J connectivity index is 1.89. The highest BCUT2D eigenvalue weighted by Gasteiger charge is 2.21. The third kappa shape index (κ3) is 3.08. The minimum Gasteiger partial charge on any atom is -0.339 e. The molecule has 3 rings (SSSR count). The van der Waals surface area contributed by atoms with Gasteiger partial charge in [0.05, 0.1) is 11.3 Å². The van der Waals surface area contributed by atoms with Gasteiger partial charge in [-0.3, -0.25) is 4.79 Å². The monoisotopic (exact) mass is 296 g/mol. The van der Waals surface area contributed by atoms with E-state index in [0.29, 0.717) is 11.5 Å². The molecule has 114 valence electrons. The number of nitrogens with zero attached hydrogens (tertiary/aromatic N) is 3. The van der Waals surface area contributed by atoms with Gasteiger partial charge in [0.2, 0.25) is 5.95 Å². The predicted octanol–water partition coefficient (Wildman–Crippen LogP) is 3.07. The second-order valence-corrected chi connectivity index (χ2v) is 5.64. The Morgan fingerprint density at radius 2 is 1.73 bits per heavy atom. The fraction of sp³-hybridized carbons (Fsp3) is 0.353. The molecular weight excluding hydrogens is 276 g/mol. The number of hydrogen-bond donors (Lipinski definition) is 1. The molecule has 2 aromatic rings. The van der Waals surface area contributed by atoms with Gasteiger partial charge in [0.25, 0.3) is 5.91 Å². The van der Waals surface area contributed by atoms with Gasteiger partial charge in [0, 0.05) is 24.5 Å². The van der Waals surface area contributed by atoms with Crippen molar-refractivity contribution < 1.29 is 4.79 Å². The van der Waals surface area contributed by atoms with Crippen LogP contribution < -0.4 is 5.32 Å². The standard InChI is InChI=1S/C17H20N4O/c1-12-11-13(2)19-17(18-12)20-15-8-4-3-7-14(15)16(22)21-9-5-6-10-21/h3-4,7-8,11H,5-6,9-10H2,1-2H3,(H,18,19,20). The summed E-state index contributed by atoms with van der Waals surface area (Å²) in [4.78, 5) is 23.3. The molecule has 5 heteroatoms. The molecule has 0 bridgehead atoms. The van der Waals surface area contributed by atoms with Gasteiger partial charge in [-0.1, -0.05) is 12.1 Å². The van der Waals surface area contributed by atoms with Crippen molar-refractivity contribution in [1.29, 1.82) is 0 Å². The minimum absolute atomic E-state index is 0.0741. The third-order valence-electron chi connectivity index (χ3n) is 3.78. The van der Waals surface area contributed by atoms with E-state index in [1.165, 1.54) is 0 Å². The number of aromatic nitrogens is 2. The molecule has 5 nitrogen and oxygen atoms in total. The van der Waals surface area contributed by atoms with Crippen LogP contribution in [0.4, 0.5) is 11.6 Å². The summed E-state index contributed by atoms with van der Waals surface area (Å²) < 4.78 is 0. The van der Waals surface area contributed by atoms with E-state index in [9.17, 15) is 4.79 Å². The molecule has 1 fully saturated rings. The lowest BCUT2D eigenvalue weighted by Crippen LogP contribution is -2.28. The summed E-state index contributed by atoms with van der Waals surface area (Å²) in [6.07, 6.45) is 2.17. The fourth-order valence-corrected chi connectivity index (χ4v) is 2.77. The SMILES string of the molecule is Cc1cc(C)nc(Nc2ccccc2C(=O)N2CCCC2)n1. The summed E-state index contributed by atoms with van der Waals surface area (Å²) >= 11 is 0. The maximum absolute atomic E-state index is 12.6. The summed E-state index contributed by atoms with van der Waals surface area (Å²) in [5, 5.41) is 3.19. The Labute approximate surface area is 130 Å². The van der Waals surface area contributed by atoms with Gasteiger partial charge in [-0.25, -0.2) is 9.97 Å². The number of nitrogens with one attached hydrogen (secondary N) is 1. The number of carbonyl (C=O) groups is 1. The van der Waals surface area contributed by atoms with Crippen molar-refractivity contribution in [2.45, 2.75) is 26.7 Å². The number of anilines is 2. The molecule has 1 saturated heterocycles.